The van der Waals surface area contributed by atoms with Gasteiger partial charge in [0.1, 0.15) is 11.5 Å². The van der Waals surface area contributed by atoms with Gasteiger partial charge in [0.05, 0.1) is 32.4 Å². The molecular formula is C28H28N2O6. The maximum absolute atomic E-state index is 13.4. The number of ketones is 1. The number of aliphatic hydroxyl groups is 1. The standard InChI is InChI=1S/C28H28N2O6/c1-5-36-22-11-8-19(14-23(22)35-4)25-24(26(31)21-10-9-20(34-3)13-17(21)2)27(32)28(33)30(25)16-18-7-6-12-29-15-18/h6-15,25,31H,5,16H2,1-4H3. The lowest BCUT2D eigenvalue weighted by Gasteiger charge is -2.26. The van der Waals surface area contributed by atoms with E-state index in [1.807, 2.05) is 13.0 Å². The Labute approximate surface area is 209 Å². The van der Waals surface area contributed by atoms with Crippen LogP contribution in [0.3, 0.4) is 0 Å². The Kier molecular flexibility index (Phi) is 7.24. The average molecular weight is 489 g/mol. The summed E-state index contributed by atoms with van der Waals surface area (Å²) in [5.41, 5.74) is 2.50. The lowest BCUT2D eigenvalue weighted by Crippen LogP contribution is -2.29. The van der Waals surface area contributed by atoms with Crippen LogP contribution in [0.4, 0.5) is 0 Å². The Morgan fingerprint density at radius 3 is 2.50 bits per heavy atom. The summed E-state index contributed by atoms with van der Waals surface area (Å²) in [7, 11) is 3.08. The average Bonchev–Trinajstić information content (AvgIpc) is 3.14. The molecule has 1 atom stereocenters. The van der Waals surface area contributed by atoms with Crippen LogP contribution in [0.25, 0.3) is 5.76 Å². The monoisotopic (exact) mass is 488 g/mol. The van der Waals surface area contributed by atoms with Gasteiger partial charge in [-0.2, -0.15) is 0 Å². The summed E-state index contributed by atoms with van der Waals surface area (Å²) in [5, 5.41) is 11.4. The second kappa shape index (κ2) is 10.5. The van der Waals surface area contributed by atoms with Crippen LogP contribution in [0, 0.1) is 6.92 Å². The molecule has 1 aromatic heterocycles. The molecule has 0 saturated carbocycles. The molecule has 0 radical (unpaired) electrons. The van der Waals surface area contributed by atoms with Crippen molar-refractivity contribution < 1.29 is 28.9 Å². The van der Waals surface area contributed by atoms with Crippen molar-refractivity contribution in [3.63, 3.8) is 0 Å². The molecule has 1 aliphatic rings. The van der Waals surface area contributed by atoms with Gasteiger partial charge in [-0.1, -0.05) is 12.1 Å². The first kappa shape index (κ1) is 24.8. The number of benzene rings is 2. The molecule has 4 rings (SSSR count). The van der Waals surface area contributed by atoms with E-state index in [1.165, 1.54) is 12.0 Å². The van der Waals surface area contributed by atoms with Crippen LogP contribution in [-0.4, -0.2) is 47.5 Å². The molecule has 3 aromatic rings. The molecule has 1 amide bonds. The van der Waals surface area contributed by atoms with Gasteiger partial charge in [-0.05, 0) is 66.9 Å². The third kappa shape index (κ3) is 4.62. The van der Waals surface area contributed by atoms with Gasteiger partial charge >= 0.3 is 0 Å². The summed E-state index contributed by atoms with van der Waals surface area (Å²) in [4.78, 5) is 32.2. The van der Waals surface area contributed by atoms with E-state index in [1.54, 1.807) is 68.9 Å². The Hall–Kier alpha value is -4.33. The zero-order chi connectivity index (χ0) is 25.8. The number of aliphatic hydroxyl groups excluding tert-OH is 1. The number of carbonyl (C=O) groups is 2. The third-order valence-electron chi connectivity index (χ3n) is 6.11. The fourth-order valence-corrected chi connectivity index (χ4v) is 4.38. The third-order valence-corrected chi connectivity index (χ3v) is 6.11. The molecule has 8 nitrogen and oxygen atoms in total. The molecular weight excluding hydrogens is 460 g/mol. The molecule has 186 valence electrons. The first-order valence-corrected chi connectivity index (χ1v) is 11.5. The molecule has 1 N–H and O–H groups in total. The van der Waals surface area contributed by atoms with Gasteiger partial charge in [0.15, 0.2) is 11.5 Å². The fraction of sp³-hybridized carbons (Fsp3) is 0.250. The van der Waals surface area contributed by atoms with Crippen molar-refractivity contribution in [3.8, 4) is 17.2 Å². The Balaban J connectivity index is 1.90. The molecule has 1 saturated heterocycles. The second-order valence-corrected chi connectivity index (χ2v) is 8.31. The summed E-state index contributed by atoms with van der Waals surface area (Å²) in [6.07, 6.45) is 3.28. The molecule has 2 aromatic carbocycles. The van der Waals surface area contributed by atoms with Crippen LogP contribution in [0.2, 0.25) is 0 Å². The molecule has 2 heterocycles. The Morgan fingerprint density at radius 1 is 1.06 bits per heavy atom. The van der Waals surface area contributed by atoms with Crippen molar-refractivity contribution in [2.45, 2.75) is 26.4 Å². The number of carbonyl (C=O) groups excluding carboxylic acids is 2. The second-order valence-electron chi connectivity index (χ2n) is 8.31. The van der Waals surface area contributed by atoms with E-state index in [9.17, 15) is 14.7 Å². The smallest absolute Gasteiger partial charge is 0.295 e. The van der Waals surface area contributed by atoms with Crippen LogP contribution in [-0.2, 0) is 16.1 Å². The van der Waals surface area contributed by atoms with Gasteiger partial charge < -0.3 is 24.2 Å². The quantitative estimate of drug-likeness (QED) is 0.285. The number of aromatic nitrogens is 1. The van der Waals surface area contributed by atoms with Crippen molar-refractivity contribution in [2.24, 2.45) is 0 Å². The van der Waals surface area contributed by atoms with Crippen LogP contribution < -0.4 is 14.2 Å². The minimum Gasteiger partial charge on any atom is -0.507 e. The Morgan fingerprint density at radius 2 is 1.86 bits per heavy atom. The molecule has 0 aliphatic carbocycles. The number of pyridine rings is 1. The van der Waals surface area contributed by atoms with Crippen molar-refractivity contribution in [2.75, 3.05) is 20.8 Å². The summed E-state index contributed by atoms with van der Waals surface area (Å²) in [6.45, 7) is 4.26. The lowest BCUT2D eigenvalue weighted by atomic mass is 9.93. The maximum Gasteiger partial charge on any atom is 0.295 e. The number of Topliss-reactive ketones (excluding diaryl/α,β-unsaturated/α-hetero) is 1. The number of amides is 1. The number of methoxy groups -OCH3 is 2. The molecule has 0 spiro atoms. The van der Waals surface area contributed by atoms with Gasteiger partial charge in [-0.3, -0.25) is 14.6 Å². The largest absolute Gasteiger partial charge is 0.507 e. The van der Waals surface area contributed by atoms with E-state index in [0.29, 0.717) is 40.5 Å². The number of hydrogen-bond donors (Lipinski definition) is 1. The highest BCUT2D eigenvalue weighted by Gasteiger charge is 2.46. The molecule has 1 aliphatic heterocycles. The van der Waals surface area contributed by atoms with Gasteiger partial charge in [0.2, 0.25) is 0 Å². The fourth-order valence-electron chi connectivity index (χ4n) is 4.38. The van der Waals surface area contributed by atoms with Crippen LogP contribution in [0.1, 0.15) is 35.2 Å². The minimum atomic E-state index is -0.851. The number of aryl methyl sites for hydroxylation is 1. The maximum atomic E-state index is 13.4. The van der Waals surface area contributed by atoms with Crippen LogP contribution >= 0.6 is 0 Å². The van der Waals surface area contributed by atoms with Crippen molar-refractivity contribution in [3.05, 3.63) is 88.8 Å². The van der Waals surface area contributed by atoms with Crippen LogP contribution in [0.5, 0.6) is 17.2 Å². The number of likely N-dealkylation sites (tertiary alicyclic amines) is 1. The van der Waals surface area contributed by atoms with E-state index < -0.39 is 17.7 Å². The SMILES string of the molecule is CCOc1ccc(C2C(=C(O)c3ccc(OC)cc3C)C(=O)C(=O)N2Cc2cccnc2)cc1OC. The number of hydrogen-bond acceptors (Lipinski definition) is 7. The molecule has 36 heavy (non-hydrogen) atoms. The minimum absolute atomic E-state index is 0.00312. The van der Waals surface area contributed by atoms with Gasteiger partial charge in [-0.25, -0.2) is 0 Å². The number of rotatable bonds is 8. The van der Waals surface area contributed by atoms with E-state index in [-0.39, 0.29) is 17.9 Å². The molecule has 1 fully saturated rings. The van der Waals surface area contributed by atoms with E-state index in [2.05, 4.69) is 4.98 Å². The van der Waals surface area contributed by atoms with E-state index >= 15 is 0 Å². The normalized spacial score (nSPS) is 16.8. The van der Waals surface area contributed by atoms with Gasteiger partial charge in [-0.15, -0.1) is 0 Å². The number of nitrogens with zero attached hydrogens (tertiary/aromatic N) is 2. The zero-order valence-corrected chi connectivity index (χ0v) is 20.6. The predicted octanol–water partition coefficient (Wildman–Crippen LogP) is 4.43. The highest BCUT2D eigenvalue weighted by molar-refractivity contribution is 6.46. The Bertz CT molecular complexity index is 1320. The first-order chi connectivity index (χ1) is 17.4. The van der Waals surface area contributed by atoms with Crippen molar-refractivity contribution in [1.82, 2.24) is 9.88 Å². The summed E-state index contributed by atoms with van der Waals surface area (Å²) < 4.78 is 16.4. The number of ether oxygens (including phenoxy) is 3. The highest BCUT2D eigenvalue weighted by atomic mass is 16.5. The lowest BCUT2D eigenvalue weighted by molar-refractivity contribution is -0.140. The van der Waals surface area contributed by atoms with Gasteiger partial charge in [0.25, 0.3) is 11.7 Å². The molecule has 0 bridgehead atoms. The predicted molar refractivity (Wildman–Crippen MR) is 134 cm³/mol. The first-order valence-electron chi connectivity index (χ1n) is 11.5. The van der Waals surface area contributed by atoms with E-state index in [4.69, 9.17) is 14.2 Å². The van der Waals surface area contributed by atoms with Crippen molar-refractivity contribution >= 4 is 17.4 Å². The summed E-state index contributed by atoms with van der Waals surface area (Å²) in [6, 6.07) is 13.1. The topological polar surface area (TPSA) is 98.2 Å². The van der Waals surface area contributed by atoms with Crippen LogP contribution in [0.15, 0.2) is 66.5 Å². The summed E-state index contributed by atoms with van der Waals surface area (Å²) in [5.74, 6) is -0.0938. The van der Waals surface area contributed by atoms with Crippen molar-refractivity contribution in [1.29, 1.82) is 0 Å². The highest BCUT2D eigenvalue weighted by Crippen LogP contribution is 2.43. The molecule has 8 heteroatoms. The molecule has 1 unspecified atom stereocenters. The summed E-state index contributed by atoms with van der Waals surface area (Å²) >= 11 is 0. The van der Waals surface area contributed by atoms with E-state index in [0.717, 1.165) is 5.56 Å². The van der Waals surface area contributed by atoms with Gasteiger partial charge in [0, 0.05) is 24.5 Å². The zero-order valence-electron chi connectivity index (χ0n) is 20.6.